The van der Waals surface area contributed by atoms with E-state index in [1.165, 1.54) is 4.90 Å². The SMILES string of the molecule is Cc1cc(CC(=O)N2C[C@H](O)C[C@H]2C(=O)CCc2noc(-c3ccccc3)n2)on1. The first kappa shape index (κ1) is 20.0. The Labute approximate surface area is 172 Å². The molecule has 0 bridgehead atoms. The van der Waals surface area contributed by atoms with E-state index in [-0.39, 0.29) is 37.5 Å². The van der Waals surface area contributed by atoms with Gasteiger partial charge in [0.2, 0.25) is 5.91 Å². The molecule has 1 amide bonds. The van der Waals surface area contributed by atoms with Crippen molar-refractivity contribution in [2.24, 2.45) is 0 Å². The number of β-amino-alcohol motifs (C(OH)–C–C–N with tert-alkyl or cyclic N) is 1. The summed E-state index contributed by atoms with van der Waals surface area (Å²) in [5.74, 6) is 0.848. The Hall–Kier alpha value is -3.33. The largest absolute Gasteiger partial charge is 0.391 e. The van der Waals surface area contributed by atoms with Crippen LogP contribution in [-0.2, 0) is 22.4 Å². The summed E-state index contributed by atoms with van der Waals surface area (Å²) in [6.45, 7) is 1.90. The third-order valence-electron chi connectivity index (χ3n) is 5.06. The summed E-state index contributed by atoms with van der Waals surface area (Å²) in [7, 11) is 0. The van der Waals surface area contributed by atoms with Gasteiger partial charge in [-0.1, -0.05) is 28.5 Å². The van der Waals surface area contributed by atoms with Crippen molar-refractivity contribution >= 4 is 11.7 Å². The summed E-state index contributed by atoms with van der Waals surface area (Å²) >= 11 is 0. The zero-order valence-electron chi connectivity index (χ0n) is 16.5. The lowest BCUT2D eigenvalue weighted by atomic mass is 10.0. The number of nitrogens with zero attached hydrogens (tertiary/aromatic N) is 4. The molecule has 156 valence electrons. The van der Waals surface area contributed by atoms with Gasteiger partial charge in [-0.15, -0.1) is 0 Å². The Morgan fingerprint density at radius 3 is 2.73 bits per heavy atom. The van der Waals surface area contributed by atoms with Crippen molar-refractivity contribution in [2.45, 2.75) is 44.8 Å². The van der Waals surface area contributed by atoms with Gasteiger partial charge in [-0.3, -0.25) is 9.59 Å². The summed E-state index contributed by atoms with van der Waals surface area (Å²) < 4.78 is 10.3. The molecule has 0 radical (unpaired) electrons. The average molecular weight is 410 g/mol. The second kappa shape index (κ2) is 8.58. The number of hydrogen-bond donors (Lipinski definition) is 1. The molecule has 2 aromatic heterocycles. The van der Waals surface area contributed by atoms with Crippen molar-refractivity contribution in [2.75, 3.05) is 6.54 Å². The van der Waals surface area contributed by atoms with Crippen LogP contribution in [0.2, 0.25) is 0 Å². The van der Waals surface area contributed by atoms with E-state index in [1.807, 2.05) is 30.3 Å². The van der Waals surface area contributed by atoms with Crippen molar-refractivity contribution in [1.82, 2.24) is 20.2 Å². The molecule has 3 aromatic rings. The summed E-state index contributed by atoms with van der Waals surface area (Å²) in [5.41, 5.74) is 1.49. The molecule has 0 unspecified atom stereocenters. The molecule has 1 aliphatic heterocycles. The number of likely N-dealkylation sites (tertiary alicyclic amines) is 1. The van der Waals surface area contributed by atoms with E-state index in [1.54, 1.807) is 13.0 Å². The van der Waals surface area contributed by atoms with Crippen molar-refractivity contribution in [3.8, 4) is 11.5 Å². The van der Waals surface area contributed by atoms with E-state index in [0.717, 1.165) is 5.56 Å². The predicted octanol–water partition coefficient (Wildman–Crippen LogP) is 1.74. The molecule has 1 fully saturated rings. The topological polar surface area (TPSA) is 123 Å². The number of aromatic nitrogens is 3. The maximum Gasteiger partial charge on any atom is 0.257 e. The highest BCUT2D eigenvalue weighted by Gasteiger charge is 2.38. The third kappa shape index (κ3) is 4.46. The quantitative estimate of drug-likeness (QED) is 0.625. The zero-order chi connectivity index (χ0) is 21.1. The molecule has 3 heterocycles. The van der Waals surface area contributed by atoms with Gasteiger partial charge < -0.3 is 19.1 Å². The molecule has 9 heteroatoms. The first-order valence-corrected chi connectivity index (χ1v) is 9.80. The Morgan fingerprint density at radius 1 is 1.20 bits per heavy atom. The first-order valence-electron chi connectivity index (χ1n) is 9.80. The van der Waals surface area contributed by atoms with Gasteiger partial charge in [-0.05, 0) is 19.1 Å². The molecule has 2 atom stereocenters. The van der Waals surface area contributed by atoms with E-state index < -0.39 is 12.1 Å². The van der Waals surface area contributed by atoms with Crippen LogP contribution in [0.5, 0.6) is 0 Å². The molecule has 1 saturated heterocycles. The number of ketones is 1. The van der Waals surface area contributed by atoms with Crippen LogP contribution >= 0.6 is 0 Å². The molecule has 1 aliphatic rings. The minimum Gasteiger partial charge on any atom is -0.391 e. The summed E-state index contributed by atoms with van der Waals surface area (Å²) in [4.78, 5) is 31.2. The Morgan fingerprint density at radius 2 is 2.00 bits per heavy atom. The highest BCUT2D eigenvalue weighted by molar-refractivity contribution is 5.90. The molecule has 30 heavy (non-hydrogen) atoms. The molecule has 1 aromatic carbocycles. The van der Waals surface area contributed by atoms with E-state index >= 15 is 0 Å². The molecule has 0 spiro atoms. The van der Waals surface area contributed by atoms with Crippen molar-refractivity contribution in [3.05, 3.63) is 53.7 Å². The molecule has 9 nitrogen and oxygen atoms in total. The van der Waals surface area contributed by atoms with Gasteiger partial charge in [0.1, 0.15) is 5.76 Å². The van der Waals surface area contributed by atoms with E-state index in [2.05, 4.69) is 15.3 Å². The van der Waals surface area contributed by atoms with Crippen LogP contribution < -0.4 is 0 Å². The average Bonchev–Trinajstić information content (AvgIpc) is 3.47. The standard InChI is InChI=1S/C21H22N4O5/c1-13-9-16(29-23-13)11-20(28)25-12-15(26)10-17(25)18(27)7-8-19-22-21(30-24-19)14-5-3-2-4-6-14/h2-6,9,15,17,26H,7-8,10-12H2,1H3/t15-,17+/m1/s1. The number of benzene rings is 1. The number of carbonyl (C=O) groups excluding carboxylic acids is 2. The van der Waals surface area contributed by atoms with Gasteiger partial charge in [-0.25, -0.2) is 0 Å². The fourth-order valence-corrected chi connectivity index (χ4v) is 3.60. The number of aliphatic hydroxyl groups is 1. The third-order valence-corrected chi connectivity index (χ3v) is 5.06. The van der Waals surface area contributed by atoms with Crippen LogP contribution in [0, 0.1) is 6.92 Å². The zero-order valence-corrected chi connectivity index (χ0v) is 16.5. The normalized spacial score (nSPS) is 18.7. The Balaban J connectivity index is 1.37. The minimum absolute atomic E-state index is 0.00260. The smallest absolute Gasteiger partial charge is 0.257 e. The fraction of sp³-hybridized carbons (Fsp3) is 0.381. The molecular weight excluding hydrogens is 388 g/mol. The highest BCUT2D eigenvalue weighted by atomic mass is 16.5. The number of aliphatic hydroxyl groups excluding tert-OH is 1. The van der Waals surface area contributed by atoms with Gasteiger partial charge in [0.15, 0.2) is 11.6 Å². The van der Waals surface area contributed by atoms with Crippen molar-refractivity contribution in [1.29, 1.82) is 0 Å². The van der Waals surface area contributed by atoms with Crippen molar-refractivity contribution < 1.29 is 23.7 Å². The van der Waals surface area contributed by atoms with Gasteiger partial charge in [0.05, 0.1) is 24.3 Å². The maximum absolute atomic E-state index is 12.8. The van der Waals surface area contributed by atoms with Crippen LogP contribution in [0.3, 0.4) is 0 Å². The summed E-state index contributed by atoms with van der Waals surface area (Å²) in [6.07, 6.45) is -0.0554. The van der Waals surface area contributed by atoms with Gasteiger partial charge in [-0.2, -0.15) is 4.98 Å². The number of Topliss-reactive ketones (excluding diaryl/α,β-unsaturated/α-hetero) is 1. The van der Waals surface area contributed by atoms with Crippen LogP contribution in [0.25, 0.3) is 11.5 Å². The lowest BCUT2D eigenvalue weighted by molar-refractivity contribution is -0.137. The van der Waals surface area contributed by atoms with Crippen LogP contribution in [0.4, 0.5) is 0 Å². The summed E-state index contributed by atoms with van der Waals surface area (Å²) in [6, 6.07) is 10.4. The van der Waals surface area contributed by atoms with Gasteiger partial charge in [0.25, 0.3) is 5.89 Å². The molecule has 1 N–H and O–H groups in total. The molecule has 0 saturated carbocycles. The number of carbonyl (C=O) groups is 2. The lowest BCUT2D eigenvalue weighted by Crippen LogP contribution is -2.41. The maximum atomic E-state index is 12.8. The number of aryl methyl sites for hydroxylation is 2. The second-order valence-corrected chi connectivity index (χ2v) is 7.41. The van der Waals surface area contributed by atoms with Crippen LogP contribution in [-0.4, -0.2) is 55.7 Å². The molecule has 4 rings (SSSR count). The van der Waals surface area contributed by atoms with Gasteiger partial charge >= 0.3 is 0 Å². The fourth-order valence-electron chi connectivity index (χ4n) is 3.60. The number of hydrogen-bond acceptors (Lipinski definition) is 8. The van der Waals surface area contributed by atoms with E-state index in [4.69, 9.17) is 9.05 Å². The number of rotatable bonds is 7. The number of amides is 1. The van der Waals surface area contributed by atoms with Crippen LogP contribution in [0.1, 0.15) is 30.1 Å². The Kier molecular flexibility index (Phi) is 5.71. The van der Waals surface area contributed by atoms with E-state index in [9.17, 15) is 14.7 Å². The first-order chi connectivity index (χ1) is 14.5. The Bertz CT molecular complexity index is 1030. The summed E-state index contributed by atoms with van der Waals surface area (Å²) in [5, 5.41) is 17.7. The lowest BCUT2D eigenvalue weighted by Gasteiger charge is -2.22. The van der Waals surface area contributed by atoms with Crippen molar-refractivity contribution in [3.63, 3.8) is 0 Å². The van der Waals surface area contributed by atoms with Crippen LogP contribution in [0.15, 0.2) is 45.4 Å². The molecular formula is C21H22N4O5. The van der Waals surface area contributed by atoms with Gasteiger partial charge in [0, 0.05) is 37.4 Å². The molecule has 0 aliphatic carbocycles. The predicted molar refractivity (Wildman–Crippen MR) is 104 cm³/mol. The monoisotopic (exact) mass is 410 g/mol. The highest BCUT2D eigenvalue weighted by Crippen LogP contribution is 2.22. The second-order valence-electron chi connectivity index (χ2n) is 7.41. The minimum atomic E-state index is -0.728. The van der Waals surface area contributed by atoms with E-state index in [0.29, 0.717) is 29.6 Å².